The van der Waals surface area contributed by atoms with E-state index in [1.54, 1.807) is 30.3 Å². The molecule has 1 heterocycles. The predicted octanol–water partition coefficient (Wildman–Crippen LogP) is 5.67. The molecule has 43 heavy (non-hydrogen) atoms. The second-order valence-electron chi connectivity index (χ2n) is 8.93. The number of carboxylic acids is 1. The number of carbonyl (C=O) groups is 4. The predicted molar refractivity (Wildman–Crippen MR) is 150 cm³/mol. The van der Waals surface area contributed by atoms with Crippen LogP contribution in [-0.2, 0) is 22.4 Å². The minimum atomic E-state index is -4.66. The Morgan fingerprint density at radius 1 is 0.953 bits per heavy atom. The van der Waals surface area contributed by atoms with Crippen molar-refractivity contribution in [1.29, 1.82) is 0 Å². The summed E-state index contributed by atoms with van der Waals surface area (Å²) in [6.45, 7) is -0.603. The third kappa shape index (κ3) is 7.46. The first-order valence-electron chi connectivity index (χ1n) is 12.3. The zero-order chi connectivity index (χ0) is 31.3. The van der Waals surface area contributed by atoms with E-state index in [-0.39, 0.29) is 28.5 Å². The molecule has 10 nitrogen and oxygen atoms in total. The maximum atomic E-state index is 13.1. The van der Waals surface area contributed by atoms with E-state index in [1.165, 1.54) is 32.4 Å². The van der Waals surface area contributed by atoms with Gasteiger partial charge in [0, 0.05) is 0 Å². The molecule has 14 heteroatoms. The first kappa shape index (κ1) is 31.0. The van der Waals surface area contributed by atoms with Crippen LogP contribution < -0.4 is 19.5 Å². The SMILES string of the molecule is COc1ccc(C(F)(F)F)cc1NC(=O)CN1C(=O)S/C(=C\c2ccc(OCc3ccc(C(=O)O)cc3)c(OC)c2)C1=O. The number of alkyl halides is 3. The van der Waals surface area contributed by atoms with Crippen LogP contribution in [0.1, 0.15) is 27.0 Å². The summed E-state index contributed by atoms with van der Waals surface area (Å²) in [4.78, 5) is 49.8. The van der Waals surface area contributed by atoms with Gasteiger partial charge in [-0.1, -0.05) is 18.2 Å². The number of hydrogen-bond donors (Lipinski definition) is 2. The standard InChI is InChI=1S/C29H23F3N2O8S/c1-40-21-10-8-19(29(30,31)32)13-20(21)33-25(35)14-34-26(36)24(43-28(34)39)12-17-5-9-22(23(11-17)41-2)42-15-16-3-6-18(7-4-16)27(37)38/h3-13H,14-15H2,1-2H3,(H,33,35)(H,37,38)/b24-12-. The number of ether oxygens (including phenoxy) is 3. The molecule has 3 amide bonds. The highest BCUT2D eigenvalue weighted by Gasteiger charge is 2.37. The largest absolute Gasteiger partial charge is 0.495 e. The number of amides is 3. The lowest BCUT2D eigenvalue weighted by Gasteiger charge is -2.16. The lowest BCUT2D eigenvalue weighted by molar-refractivity contribution is -0.137. The lowest BCUT2D eigenvalue weighted by atomic mass is 10.1. The molecule has 0 saturated carbocycles. The van der Waals surface area contributed by atoms with Crippen molar-refractivity contribution in [3.63, 3.8) is 0 Å². The third-order valence-electron chi connectivity index (χ3n) is 6.06. The molecule has 0 unspecified atom stereocenters. The normalized spacial score (nSPS) is 14.2. The number of nitrogens with one attached hydrogen (secondary N) is 1. The van der Waals surface area contributed by atoms with Crippen molar-refractivity contribution in [1.82, 2.24) is 4.90 Å². The van der Waals surface area contributed by atoms with Gasteiger partial charge >= 0.3 is 12.1 Å². The number of nitrogens with zero attached hydrogens (tertiary/aromatic N) is 1. The van der Waals surface area contributed by atoms with Crippen molar-refractivity contribution in [3.05, 3.63) is 87.8 Å². The molecule has 1 saturated heterocycles. The highest BCUT2D eigenvalue weighted by Crippen LogP contribution is 2.36. The fourth-order valence-electron chi connectivity index (χ4n) is 3.90. The molecule has 2 N–H and O–H groups in total. The fraction of sp³-hybridized carbons (Fsp3) is 0.172. The number of aromatic carboxylic acids is 1. The Bertz CT molecular complexity index is 1610. The summed E-state index contributed by atoms with van der Waals surface area (Å²) in [6.07, 6.45) is -3.23. The van der Waals surface area contributed by atoms with Gasteiger partial charge in [0.25, 0.3) is 11.1 Å². The second-order valence-corrected chi connectivity index (χ2v) is 9.92. The van der Waals surface area contributed by atoms with Crippen molar-refractivity contribution >= 4 is 46.5 Å². The first-order chi connectivity index (χ1) is 20.4. The molecule has 1 fully saturated rings. The Hall–Kier alpha value is -4.98. The summed E-state index contributed by atoms with van der Waals surface area (Å²) in [6, 6.07) is 13.5. The molecule has 1 aliphatic heterocycles. The Morgan fingerprint density at radius 3 is 2.26 bits per heavy atom. The summed E-state index contributed by atoms with van der Waals surface area (Å²) in [7, 11) is 2.63. The van der Waals surface area contributed by atoms with Crippen molar-refractivity contribution in [2.75, 3.05) is 26.1 Å². The van der Waals surface area contributed by atoms with Crippen LogP contribution in [0.15, 0.2) is 65.6 Å². The maximum absolute atomic E-state index is 13.1. The number of methoxy groups -OCH3 is 2. The number of imide groups is 1. The number of carbonyl (C=O) groups excluding carboxylic acids is 3. The molecule has 3 aromatic carbocycles. The second kappa shape index (κ2) is 12.9. The monoisotopic (exact) mass is 616 g/mol. The third-order valence-corrected chi connectivity index (χ3v) is 6.96. The van der Waals surface area contributed by atoms with E-state index in [4.69, 9.17) is 19.3 Å². The van der Waals surface area contributed by atoms with Crippen molar-refractivity contribution in [2.24, 2.45) is 0 Å². The highest BCUT2D eigenvalue weighted by atomic mass is 32.2. The van der Waals surface area contributed by atoms with Crippen molar-refractivity contribution in [2.45, 2.75) is 12.8 Å². The number of carboxylic acid groups (broad SMARTS) is 1. The first-order valence-corrected chi connectivity index (χ1v) is 13.1. The Balaban J connectivity index is 1.43. The molecule has 0 atom stereocenters. The molecule has 0 aromatic heterocycles. The van der Waals surface area contributed by atoms with Crippen LogP contribution in [0.25, 0.3) is 6.08 Å². The summed E-state index contributed by atoms with van der Waals surface area (Å²) >= 11 is 0.598. The van der Waals surface area contributed by atoms with Gasteiger partial charge in [0.05, 0.1) is 35.9 Å². The Morgan fingerprint density at radius 2 is 1.63 bits per heavy atom. The van der Waals surface area contributed by atoms with E-state index in [2.05, 4.69) is 5.32 Å². The number of anilines is 1. The molecule has 0 spiro atoms. The molecule has 0 aliphatic carbocycles. The van der Waals surface area contributed by atoms with Gasteiger partial charge in [-0.05, 0) is 71.4 Å². The van der Waals surface area contributed by atoms with Crippen LogP contribution in [0.3, 0.4) is 0 Å². The number of benzene rings is 3. The van der Waals surface area contributed by atoms with Crippen LogP contribution in [0.5, 0.6) is 17.2 Å². The molecular formula is C29H23F3N2O8S. The summed E-state index contributed by atoms with van der Waals surface area (Å²) in [5, 5.41) is 10.5. The van der Waals surface area contributed by atoms with E-state index in [0.717, 1.165) is 17.7 Å². The van der Waals surface area contributed by atoms with E-state index >= 15 is 0 Å². The van der Waals surface area contributed by atoms with Crippen LogP contribution >= 0.6 is 11.8 Å². The van der Waals surface area contributed by atoms with E-state index < -0.39 is 41.3 Å². The van der Waals surface area contributed by atoms with Gasteiger partial charge in [0.1, 0.15) is 18.9 Å². The van der Waals surface area contributed by atoms with Crippen molar-refractivity contribution in [3.8, 4) is 17.2 Å². The van der Waals surface area contributed by atoms with E-state index in [9.17, 15) is 32.3 Å². The maximum Gasteiger partial charge on any atom is 0.416 e. The van der Waals surface area contributed by atoms with Gasteiger partial charge in [-0.3, -0.25) is 19.3 Å². The Kier molecular flexibility index (Phi) is 9.29. The number of rotatable bonds is 10. The van der Waals surface area contributed by atoms with Gasteiger partial charge in [-0.2, -0.15) is 13.2 Å². The molecule has 1 aliphatic rings. The summed E-state index contributed by atoms with van der Waals surface area (Å²) in [5.74, 6) is -2.04. The van der Waals surface area contributed by atoms with Gasteiger partial charge < -0.3 is 24.6 Å². The Labute approximate surface area is 247 Å². The number of hydrogen-bond acceptors (Lipinski definition) is 8. The molecule has 0 bridgehead atoms. The molecule has 0 radical (unpaired) electrons. The zero-order valence-electron chi connectivity index (χ0n) is 22.6. The molecule has 3 aromatic rings. The highest BCUT2D eigenvalue weighted by molar-refractivity contribution is 8.18. The van der Waals surface area contributed by atoms with Crippen LogP contribution in [-0.4, -0.2) is 53.8 Å². The molecule has 4 rings (SSSR count). The van der Waals surface area contributed by atoms with Crippen LogP contribution in [0.4, 0.5) is 23.7 Å². The van der Waals surface area contributed by atoms with Gasteiger partial charge in [0.2, 0.25) is 5.91 Å². The quantitative estimate of drug-likeness (QED) is 0.277. The minimum Gasteiger partial charge on any atom is -0.495 e. The van der Waals surface area contributed by atoms with E-state index in [1.807, 2.05) is 0 Å². The minimum absolute atomic E-state index is 0.0173. The molecule has 224 valence electrons. The zero-order valence-corrected chi connectivity index (χ0v) is 23.4. The molecular weight excluding hydrogens is 593 g/mol. The van der Waals surface area contributed by atoms with Crippen molar-refractivity contribution < 1.29 is 51.7 Å². The smallest absolute Gasteiger partial charge is 0.416 e. The lowest BCUT2D eigenvalue weighted by Crippen LogP contribution is -2.36. The van der Waals surface area contributed by atoms with Gasteiger partial charge in [-0.25, -0.2) is 4.79 Å². The average Bonchev–Trinajstić information content (AvgIpc) is 3.23. The fourth-order valence-corrected chi connectivity index (χ4v) is 4.74. The van der Waals surface area contributed by atoms with Gasteiger partial charge in [0.15, 0.2) is 11.5 Å². The van der Waals surface area contributed by atoms with Crippen LogP contribution in [0, 0.1) is 0 Å². The van der Waals surface area contributed by atoms with E-state index in [0.29, 0.717) is 39.8 Å². The van der Waals surface area contributed by atoms with Crippen LogP contribution in [0.2, 0.25) is 0 Å². The summed E-state index contributed by atoms with van der Waals surface area (Å²) in [5.41, 5.74) is 0.0705. The topological polar surface area (TPSA) is 131 Å². The number of thioether (sulfide) groups is 1. The number of halogens is 3. The van der Waals surface area contributed by atoms with Gasteiger partial charge in [-0.15, -0.1) is 0 Å². The average molecular weight is 617 g/mol. The summed E-state index contributed by atoms with van der Waals surface area (Å²) < 4.78 is 55.5.